The standard InChI is InChI=1S/C23H26N2O4/c1-16-19(22(24-29-16)18-10-6-3-7-11-18)15-25(14-17-8-4-2-5-9-17)23(27)20-12-13-21(26)28-20/h2-4,6-7,10-11,17,20H,5,8-9,12-15H2,1H3/t17-,20-/m0/s1. The van der Waals surface area contributed by atoms with Gasteiger partial charge < -0.3 is 14.2 Å². The van der Waals surface area contributed by atoms with Gasteiger partial charge in [0.05, 0.1) is 6.54 Å². The number of aromatic nitrogens is 1. The van der Waals surface area contributed by atoms with Gasteiger partial charge >= 0.3 is 5.97 Å². The summed E-state index contributed by atoms with van der Waals surface area (Å²) in [5.74, 6) is 0.690. The molecule has 1 aromatic carbocycles. The van der Waals surface area contributed by atoms with Crippen LogP contribution in [0.5, 0.6) is 0 Å². The summed E-state index contributed by atoms with van der Waals surface area (Å²) in [5, 5.41) is 4.25. The molecule has 0 N–H and O–H groups in total. The lowest BCUT2D eigenvalue weighted by molar-refractivity contribution is -0.153. The minimum Gasteiger partial charge on any atom is -0.452 e. The molecule has 29 heavy (non-hydrogen) atoms. The van der Waals surface area contributed by atoms with Crippen molar-refractivity contribution in [2.75, 3.05) is 6.54 Å². The van der Waals surface area contributed by atoms with Crippen molar-refractivity contribution < 1.29 is 18.8 Å². The summed E-state index contributed by atoms with van der Waals surface area (Å²) in [6, 6.07) is 9.84. The van der Waals surface area contributed by atoms with Gasteiger partial charge in [0.15, 0.2) is 6.10 Å². The van der Waals surface area contributed by atoms with Crippen molar-refractivity contribution in [3.05, 3.63) is 53.8 Å². The molecule has 0 saturated carbocycles. The maximum Gasteiger partial charge on any atom is 0.306 e. The summed E-state index contributed by atoms with van der Waals surface area (Å²) in [4.78, 5) is 26.6. The molecule has 2 aliphatic rings. The summed E-state index contributed by atoms with van der Waals surface area (Å²) in [5.41, 5.74) is 2.62. The fourth-order valence-corrected chi connectivity index (χ4v) is 4.06. The third-order valence-corrected chi connectivity index (χ3v) is 5.71. The Labute approximate surface area is 170 Å². The van der Waals surface area contributed by atoms with Gasteiger partial charge in [-0.1, -0.05) is 47.6 Å². The molecule has 152 valence electrons. The van der Waals surface area contributed by atoms with E-state index < -0.39 is 6.10 Å². The van der Waals surface area contributed by atoms with E-state index in [0.717, 1.165) is 36.1 Å². The summed E-state index contributed by atoms with van der Waals surface area (Å²) in [6.07, 6.45) is 7.51. The summed E-state index contributed by atoms with van der Waals surface area (Å²) in [7, 11) is 0. The number of aryl methyl sites for hydroxylation is 1. The van der Waals surface area contributed by atoms with E-state index in [1.54, 1.807) is 0 Å². The Bertz CT molecular complexity index is 903. The monoisotopic (exact) mass is 394 g/mol. The Kier molecular flexibility index (Phi) is 5.79. The van der Waals surface area contributed by atoms with Crippen LogP contribution in [0.15, 0.2) is 47.0 Å². The van der Waals surface area contributed by atoms with Crippen LogP contribution < -0.4 is 0 Å². The van der Waals surface area contributed by atoms with Gasteiger partial charge in [0.2, 0.25) is 0 Å². The van der Waals surface area contributed by atoms with Gasteiger partial charge in [-0.3, -0.25) is 9.59 Å². The van der Waals surface area contributed by atoms with Crippen LogP contribution in [0.1, 0.15) is 43.4 Å². The highest BCUT2D eigenvalue weighted by molar-refractivity contribution is 5.86. The largest absolute Gasteiger partial charge is 0.452 e. The quantitative estimate of drug-likeness (QED) is 0.546. The predicted molar refractivity (Wildman–Crippen MR) is 108 cm³/mol. The number of amides is 1. The van der Waals surface area contributed by atoms with Crippen molar-refractivity contribution in [2.24, 2.45) is 5.92 Å². The number of ether oxygens (including phenoxy) is 1. The first-order valence-corrected chi connectivity index (χ1v) is 10.3. The van der Waals surface area contributed by atoms with Crippen LogP contribution in [0.4, 0.5) is 0 Å². The van der Waals surface area contributed by atoms with E-state index in [9.17, 15) is 9.59 Å². The van der Waals surface area contributed by atoms with Gasteiger partial charge in [-0.15, -0.1) is 0 Å². The van der Waals surface area contributed by atoms with Gasteiger partial charge in [-0.2, -0.15) is 0 Å². The second kappa shape index (κ2) is 8.64. The first-order chi connectivity index (χ1) is 14.1. The van der Waals surface area contributed by atoms with E-state index in [0.29, 0.717) is 37.6 Å². The zero-order chi connectivity index (χ0) is 20.2. The Morgan fingerprint density at radius 2 is 2.03 bits per heavy atom. The Hall–Kier alpha value is -2.89. The second-order valence-corrected chi connectivity index (χ2v) is 7.82. The van der Waals surface area contributed by atoms with Crippen molar-refractivity contribution in [3.63, 3.8) is 0 Å². The lowest BCUT2D eigenvalue weighted by Gasteiger charge is -2.30. The van der Waals surface area contributed by atoms with Crippen molar-refractivity contribution in [1.82, 2.24) is 10.1 Å². The number of rotatable bonds is 6. The van der Waals surface area contributed by atoms with Crippen molar-refractivity contribution >= 4 is 11.9 Å². The second-order valence-electron chi connectivity index (χ2n) is 7.82. The molecule has 2 aromatic rings. The lowest BCUT2D eigenvalue weighted by Crippen LogP contribution is -2.41. The van der Waals surface area contributed by atoms with Gasteiger partial charge in [-0.25, -0.2) is 0 Å². The predicted octanol–water partition coefficient (Wildman–Crippen LogP) is 4.04. The molecule has 0 bridgehead atoms. The molecule has 6 nitrogen and oxygen atoms in total. The van der Waals surface area contributed by atoms with Crippen LogP contribution in [0.2, 0.25) is 0 Å². The molecule has 1 aromatic heterocycles. The molecule has 6 heteroatoms. The van der Waals surface area contributed by atoms with E-state index in [4.69, 9.17) is 9.26 Å². The minimum atomic E-state index is -0.679. The highest BCUT2D eigenvalue weighted by Crippen LogP contribution is 2.29. The SMILES string of the molecule is Cc1onc(-c2ccccc2)c1CN(C[C@H]1CC=CCC1)C(=O)[C@@H]1CCC(=O)O1. The van der Waals surface area contributed by atoms with Crippen LogP contribution in [0.3, 0.4) is 0 Å². The fraction of sp³-hybridized carbons (Fsp3) is 0.435. The van der Waals surface area contributed by atoms with Crippen LogP contribution in [-0.2, 0) is 20.9 Å². The average Bonchev–Trinajstić information content (AvgIpc) is 3.34. The number of hydrogen-bond donors (Lipinski definition) is 0. The molecule has 4 rings (SSSR count). The van der Waals surface area contributed by atoms with Crippen LogP contribution >= 0.6 is 0 Å². The van der Waals surface area contributed by atoms with E-state index in [1.165, 1.54) is 0 Å². The molecule has 1 fully saturated rings. The van der Waals surface area contributed by atoms with E-state index in [2.05, 4.69) is 17.3 Å². The van der Waals surface area contributed by atoms with E-state index in [-0.39, 0.29) is 11.9 Å². The lowest BCUT2D eigenvalue weighted by atomic mass is 9.93. The van der Waals surface area contributed by atoms with Crippen molar-refractivity contribution in [2.45, 2.75) is 51.7 Å². The smallest absolute Gasteiger partial charge is 0.306 e. The highest BCUT2D eigenvalue weighted by atomic mass is 16.6. The minimum absolute atomic E-state index is 0.120. The third kappa shape index (κ3) is 4.42. The molecule has 1 saturated heterocycles. The summed E-state index contributed by atoms with van der Waals surface area (Å²) in [6.45, 7) is 2.90. The molecule has 1 aliphatic heterocycles. The number of allylic oxidation sites excluding steroid dienone is 2. The molecule has 2 heterocycles. The summed E-state index contributed by atoms with van der Waals surface area (Å²) < 4.78 is 10.8. The van der Waals surface area contributed by atoms with Gasteiger partial charge in [0.25, 0.3) is 5.91 Å². The molecule has 0 spiro atoms. The molecule has 2 atom stereocenters. The Morgan fingerprint density at radius 3 is 2.72 bits per heavy atom. The van der Waals surface area contributed by atoms with Gasteiger partial charge in [0, 0.05) is 30.5 Å². The van der Waals surface area contributed by atoms with E-state index in [1.807, 2.05) is 42.2 Å². The average molecular weight is 394 g/mol. The number of carbonyl (C=O) groups is 2. The number of nitrogens with zero attached hydrogens (tertiary/aromatic N) is 2. The third-order valence-electron chi connectivity index (χ3n) is 5.71. The van der Waals surface area contributed by atoms with Crippen molar-refractivity contribution in [1.29, 1.82) is 0 Å². The molecular weight excluding hydrogens is 368 g/mol. The number of benzene rings is 1. The zero-order valence-corrected chi connectivity index (χ0v) is 16.7. The van der Waals surface area contributed by atoms with E-state index >= 15 is 0 Å². The van der Waals surface area contributed by atoms with Gasteiger partial charge in [-0.05, 0) is 32.1 Å². The Balaban J connectivity index is 1.60. The molecule has 0 unspecified atom stereocenters. The number of hydrogen-bond acceptors (Lipinski definition) is 5. The van der Waals surface area contributed by atoms with Crippen molar-refractivity contribution in [3.8, 4) is 11.3 Å². The molecular formula is C23H26N2O4. The number of cyclic esters (lactones) is 1. The first kappa shape index (κ1) is 19.4. The van der Waals surface area contributed by atoms with Crippen LogP contribution in [-0.4, -0.2) is 34.6 Å². The molecule has 1 amide bonds. The normalized spacial score (nSPS) is 21.2. The maximum absolute atomic E-state index is 13.2. The zero-order valence-electron chi connectivity index (χ0n) is 16.7. The summed E-state index contributed by atoms with van der Waals surface area (Å²) >= 11 is 0. The molecule has 1 aliphatic carbocycles. The van der Waals surface area contributed by atoms with Gasteiger partial charge in [0.1, 0.15) is 11.5 Å². The van der Waals surface area contributed by atoms with Crippen LogP contribution in [0.25, 0.3) is 11.3 Å². The highest BCUT2D eigenvalue weighted by Gasteiger charge is 2.35. The number of esters is 1. The fourth-order valence-electron chi connectivity index (χ4n) is 4.06. The number of carbonyl (C=O) groups excluding carboxylic acids is 2. The maximum atomic E-state index is 13.2. The first-order valence-electron chi connectivity index (χ1n) is 10.3. The molecule has 0 radical (unpaired) electrons. The topological polar surface area (TPSA) is 72.6 Å². The van der Waals surface area contributed by atoms with Crippen LogP contribution in [0, 0.1) is 12.8 Å². The Morgan fingerprint density at radius 1 is 1.21 bits per heavy atom.